The molecule has 1 aliphatic heterocycles. The van der Waals surface area contributed by atoms with Crippen LogP contribution >= 0.6 is 24.2 Å². The summed E-state index contributed by atoms with van der Waals surface area (Å²) < 4.78 is 0. The largest absolute Gasteiger partial charge is 0.317 e. The Morgan fingerprint density at radius 1 is 1.21 bits per heavy atom. The number of hydrogen-bond donors (Lipinski definition) is 1. The highest BCUT2D eigenvalue weighted by molar-refractivity contribution is 7.99. The number of hydrogen-bond acceptors (Lipinski definition) is 3. The van der Waals surface area contributed by atoms with E-state index in [-0.39, 0.29) is 12.4 Å². The second-order valence-corrected chi connectivity index (χ2v) is 6.15. The van der Waals surface area contributed by atoms with Crippen LogP contribution in [-0.2, 0) is 0 Å². The molecule has 1 atom stereocenters. The minimum absolute atomic E-state index is 0. The number of thioether (sulfide) groups is 1. The molecule has 0 amide bonds. The smallest absolute Gasteiger partial charge is 0.0108 e. The second kappa shape index (κ2) is 9.65. The van der Waals surface area contributed by atoms with Crippen LogP contribution in [0.1, 0.15) is 19.3 Å². The van der Waals surface area contributed by atoms with Gasteiger partial charge in [-0.25, -0.2) is 0 Å². The molecule has 1 unspecified atom stereocenters. The number of nitrogens with zero attached hydrogens (tertiary/aromatic N) is 1. The van der Waals surface area contributed by atoms with Crippen molar-refractivity contribution < 1.29 is 0 Å². The number of nitrogens with one attached hydrogen (secondary N) is 1. The maximum Gasteiger partial charge on any atom is 0.0108 e. The van der Waals surface area contributed by atoms with Crippen LogP contribution in [0.5, 0.6) is 0 Å². The van der Waals surface area contributed by atoms with Crippen molar-refractivity contribution in [1.29, 1.82) is 0 Å². The molecule has 0 spiro atoms. The highest BCUT2D eigenvalue weighted by Crippen LogP contribution is 2.18. The van der Waals surface area contributed by atoms with Crippen molar-refractivity contribution >= 4 is 24.2 Å². The summed E-state index contributed by atoms with van der Waals surface area (Å²) >= 11 is 1.96. The third kappa shape index (κ3) is 6.17. The van der Waals surface area contributed by atoms with E-state index >= 15 is 0 Å². The SMILES string of the molecule is CN(CCSc1ccccc1)C1CCCNCC1.Cl. The van der Waals surface area contributed by atoms with Gasteiger partial charge in [0.15, 0.2) is 0 Å². The predicted molar refractivity (Wildman–Crippen MR) is 87.6 cm³/mol. The van der Waals surface area contributed by atoms with Crippen LogP contribution in [0.25, 0.3) is 0 Å². The van der Waals surface area contributed by atoms with Gasteiger partial charge in [0.2, 0.25) is 0 Å². The molecule has 2 nitrogen and oxygen atoms in total. The van der Waals surface area contributed by atoms with Crippen molar-refractivity contribution in [1.82, 2.24) is 10.2 Å². The molecule has 1 saturated heterocycles. The monoisotopic (exact) mass is 300 g/mol. The molecule has 4 heteroatoms. The fourth-order valence-electron chi connectivity index (χ4n) is 2.45. The third-order valence-electron chi connectivity index (χ3n) is 3.62. The standard InChI is InChI=1S/C15H24N2S.ClH/c1-17(14-6-5-10-16-11-9-14)12-13-18-15-7-3-2-4-8-15;/h2-4,7-8,14,16H,5-6,9-13H2,1H3;1H. The van der Waals surface area contributed by atoms with E-state index in [2.05, 4.69) is 47.6 Å². The summed E-state index contributed by atoms with van der Waals surface area (Å²) in [6.07, 6.45) is 3.97. The van der Waals surface area contributed by atoms with Crippen LogP contribution < -0.4 is 5.32 Å². The summed E-state index contributed by atoms with van der Waals surface area (Å²) in [6.45, 7) is 3.56. The average Bonchev–Trinajstić information content (AvgIpc) is 2.69. The zero-order chi connectivity index (χ0) is 12.6. The van der Waals surface area contributed by atoms with E-state index < -0.39 is 0 Å². The van der Waals surface area contributed by atoms with Crippen LogP contribution in [-0.4, -0.2) is 43.4 Å². The van der Waals surface area contributed by atoms with Crippen molar-refractivity contribution in [2.75, 3.05) is 32.4 Å². The molecule has 1 N–H and O–H groups in total. The van der Waals surface area contributed by atoms with Gasteiger partial charge in [-0.05, 0) is 51.5 Å². The fourth-order valence-corrected chi connectivity index (χ4v) is 3.41. The fraction of sp³-hybridized carbons (Fsp3) is 0.600. The van der Waals surface area contributed by atoms with E-state index in [4.69, 9.17) is 0 Å². The van der Waals surface area contributed by atoms with Gasteiger partial charge in [-0.2, -0.15) is 0 Å². The van der Waals surface area contributed by atoms with Crippen molar-refractivity contribution in [3.05, 3.63) is 30.3 Å². The lowest BCUT2D eigenvalue weighted by Crippen LogP contribution is -2.34. The Kier molecular flexibility index (Phi) is 8.55. The topological polar surface area (TPSA) is 15.3 Å². The highest BCUT2D eigenvalue weighted by atomic mass is 35.5. The quantitative estimate of drug-likeness (QED) is 0.840. The van der Waals surface area contributed by atoms with Crippen molar-refractivity contribution in [2.24, 2.45) is 0 Å². The summed E-state index contributed by atoms with van der Waals surface area (Å²) in [5, 5.41) is 3.48. The van der Waals surface area contributed by atoms with Gasteiger partial charge < -0.3 is 10.2 Å². The van der Waals surface area contributed by atoms with Crippen LogP contribution in [0.4, 0.5) is 0 Å². The second-order valence-electron chi connectivity index (χ2n) is 4.98. The molecule has 0 aromatic heterocycles. The Balaban J connectivity index is 0.00000180. The normalized spacial score (nSPS) is 19.8. The van der Waals surface area contributed by atoms with Crippen molar-refractivity contribution in [3.63, 3.8) is 0 Å². The third-order valence-corrected chi connectivity index (χ3v) is 4.62. The lowest BCUT2D eigenvalue weighted by molar-refractivity contribution is 0.237. The van der Waals surface area contributed by atoms with Gasteiger partial charge in [-0.15, -0.1) is 24.2 Å². The first-order chi connectivity index (χ1) is 8.86. The maximum absolute atomic E-state index is 3.48. The van der Waals surface area contributed by atoms with Crippen LogP contribution in [0.15, 0.2) is 35.2 Å². The molecule has 1 aliphatic rings. The van der Waals surface area contributed by atoms with Gasteiger partial charge in [0.25, 0.3) is 0 Å². The number of benzene rings is 1. The molecule has 1 heterocycles. The zero-order valence-corrected chi connectivity index (χ0v) is 13.3. The van der Waals surface area contributed by atoms with Crippen LogP contribution in [0.3, 0.4) is 0 Å². The summed E-state index contributed by atoms with van der Waals surface area (Å²) in [5.74, 6) is 1.18. The molecule has 0 bridgehead atoms. The Bertz CT molecular complexity index is 326. The lowest BCUT2D eigenvalue weighted by Gasteiger charge is -2.26. The van der Waals surface area contributed by atoms with E-state index in [9.17, 15) is 0 Å². The molecule has 0 radical (unpaired) electrons. The van der Waals surface area contributed by atoms with Gasteiger partial charge >= 0.3 is 0 Å². The molecule has 1 aromatic rings. The Morgan fingerprint density at radius 2 is 2.00 bits per heavy atom. The highest BCUT2D eigenvalue weighted by Gasteiger charge is 2.15. The van der Waals surface area contributed by atoms with Crippen molar-refractivity contribution in [3.8, 4) is 0 Å². The molecule has 108 valence electrons. The lowest BCUT2D eigenvalue weighted by atomic mass is 10.1. The van der Waals surface area contributed by atoms with E-state index in [1.54, 1.807) is 0 Å². The molecule has 0 saturated carbocycles. The Labute approximate surface area is 127 Å². The molecule has 19 heavy (non-hydrogen) atoms. The first-order valence-corrected chi connectivity index (χ1v) is 7.93. The van der Waals surface area contributed by atoms with Gasteiger partial charge in [0, 0.05) is 23.2 Å². The van der Waals surface area contributed by atoms with Crippen LogP contribution in [0.2, 0.25) is 0 Å². The average molecular weight is 301 g/mol. The predicted octanol–water partition coefficient (Wildman–Crippen LogP) is 3.27. The molecule has 2 rings (SSSR count). The summed E-state index contributed by atoms with van der Waals surface area (Å²) in [6, 6.07) is 11.5. The number of rotatable bonds is 5. The molecule has 0 aliphatic carbocycles. The van der Waals surface area contributed by atoms with Gasteiger partial charge in [-0.3, -0.25) is 0 Å². The zero-order valence-electron chi connectivity index (χ0n) is 11.7. The van der Waals surface area contributed by atoms with E-state index in [1.165, 1.54) is 49.5 Å². The first kappa shape index (κ1) is 16.8. The van der Waals surface area contributed by atoms with E-state index in [0.717, 1.165) is 6.04 Å². The minimum atomic E-state index is 0. The van der Waals surface area contributed by atoms with Gasteiger partial charge in [-0.1, -0.05) is 18.2 Å². The minimum Gasteiger partial charge on any atom is -0.317 e. The van der Waals surface area contributed by atoms with Gasteiger partial charge in [0.05, 0.1) is 0 Å². The Morgan fingerprint density at radius 3 is 2.79 bits per heavy atom. The molecular formula is C15H25ClN2S. The van der Waals surface area contributed by atoms with Gasteiger partial charge in [0.1, 0.15) is 0 Å². The van der Waals surface area contributed by atoms with E-state index in [0.29, 0.717) is 0 Å². The summed E-state index contributed by atoms with van der Waals surface area (Å²) in [4.78, 5) is 3.93. The maximum atomic E-state index is 3.48. The van der Waals surface area contributed by atoms with E-state index in [1.807, 2.05) is 11.8 Å². The molecular weight excluding hydrogens is 276 g/mol. The summed E-state index contributed by atoms with van der Waals surface area (Å²) in [5.41, 5.74) is 0. The number of halogens is 1. The first-order valence-electron chi connectivity index (χ1n) is 6.95. The molecule has 1 fully saturated rings. The Hall–Kier alpha value is -0.220. The molecule has 1 aromatic carbocycles. The van der Waals surface area contributed by atoms with Crippen molar-refractivity contribution in [2.45, 2.75) is 30.2 Å². The summed E-state index contributed by atoms with van der Waals surface area (Å²) in [7, 11) is 2.28. The van der Waals surface area contributed by atoms with Crippen LogP contribution in [0, 0.1) is 0 Å².